The minimum absolute atomic E-state index is 0.0657. The van der Waals surface area contributed by atoms with Crippen molar-refractivity contribution in [2.45, 2.75) is 32.0 Å². The van der Waals surface area contributed by atoms with Gasteiger partial charge in [-0.05, 0) is 60.7 Å². The second-order valence-corrected chi connectivity index (χ2v) is 9.10. The third-order valence-electron chi connectivity index (χ3n) is 6.86. The van der Waals surface area contributed by atoms with Crippen molar-refractivity contribution in [3.05, 3.63) is 53.6 Å². The van der Waals surface area contributed by atoms with Crippen LogP contribution in [0.1, 0.15) is 28.8 Å². The van der Waals surface area contributed by atoms with E-state index in [2.05, 4.69) is 9.88 Å². The highest BCUT2D eigenvalue weighted by Crippen LogP contribution is 2.37. The Morgan fingerprint density at radius 1 is 1.11 bits per heavy atom. The van der Waals surface area contributed by atoms with E-state index in [-0.39, 0.29) is 18.5 Å². The van der Waals surface area contributed by atoms with Crippen LogP contribution < -0.4 is 10.6 Å². The number of fused-ring (bicyclic) bond motifs is 1. The molecule has 2 aliphatic heterocycles. The Hall–Kier alpha value is -3.33. The second kappa shape index (κ2) is 9.03. The van der Waals surface area contributed by atoms with Gasteiger partial charge in [0.25, 0.3) is 5.91 Å². The number of halogens is 3. The Balaban J connectivity index is 1.57. The first-order valence-electron chi connectivity index (χ1n) is 11.7. The molecule has 3 aromatic rings. The monoisotopic (exact) mass is 484 g/mol. The summed E-state index contributed by atoms with van der Waals surface area (Å²) in [4.78, 5) is 21.1. The molecule has 3 heterocycles. The molecule has 35 heavy (non-hydrogen) atoms. The fraction of sp³-hybridized carbons (Fsp3) is 0.385. The number of aryl methyl sites for hydroxylation is 1. The average molecular weight is 485 g/mol. The molecule has 0 spiro atoms. The van der Waals surface area contributed by atoms with Crippen LogP contribution in [0.2, 0.25) is 0 Å². The first-order chi connectivity index (χ1) is 16.7. The molecule has 2 saturated heterocycles. The summed E-state index contributed by atoms with van der Waals surface area (Å²) >= 11 is 0. The number of likely N-dealkylation sites (tertiary alicyclic amines) is 1. The van der Waals surface area contributed by atoms with Gasteiger partial charge in [0.05, 0.1) is 24.4 Å². The van der Waals surface area contributed by atoms with Crippen molar-refractivity contribution in [2.75, 3.05) is 43.5 Å². The molecule has 1 unspecified atom stereocenters. The zero-order valence-corrected chi connectivity index (χ0v) is 19.4. The van der Waals surface area contributed by atoms with E-state index in [1.807, 2.05) is 37.3 Å². The third kappa shape index (κ3) is 4.40. The summed E-state index contributed by atoms with van der Waals surface area (Å²) in [5.74, 6) is -0.154. The molecule has 2 aromatic carbocycles. The van der Waals surface area contributed by atoms with E-state index in [0.29, 0.717) is 49.6 Å². The number of hydrogen-bond acceptors (Lipinski definition) is 5. The van der Waals surface area contributed by atoms with Crippen LogP contribution in [-0.2, 0) is 4.74 Å². The van der Waals surface area contributed by atoms with E-state index in [0.717, 1.165) is 27.1 Å². The highest BCUT2D eigenvalue weighted by atomic mass is 19.4. The van der Waals surface area contributed by atoms with Crippen LogP contribution in [0.25, 0.3) is 22.0 Å². The fourth-order valence-corrected chi connectivity index (χ4v) is 5.13. The van der Waals surface area contributed by atoms with Crippen molar-refractivity contribution in [2.24, 2.45) is 0 Å². The van der Waals surface area contributed by atoms with E-state index >= 15 is 0 Å². The van der Waals surface area contributed by atoms with Crippen LogP contribution in [0.15, 0.2) is 42.5 Å². The number of nitrogen functional groups attached to an aromatic ring is 1. The van der Waals surface area contributed by atoms with Gasteiger partial charge in [-0.2, -0.15) is 13.2 Å². The summed E-state index contributed by atoms with van der Waals surface area (Å²) in [5, 5.41) is 0.842. The maximum atomic E-state index is 13.6. The molecule has 0 radical (unpaired) electrons. The van der Waals surface area contributed by atoms with E-state index in [4.69, 9.17) is 10.5 Å². The quantitative estimate of drug-likeness (QED) is 0.579. The number of alkyl halides is 3. The lowest BCUT2D eigenvalue weighted by Crippen LogP contribution is -2.44. The Morgan fingerprint density at radius 2 is 1.89 bits per heavy atom. The lowest BCUT2D eigenvalue weighted by molar-refractivity contribution is -0.169. The molecule has 184 valence electrons. The number of amides is 1. The zero-order chi connectivity index (χ0) is 24.7. The molecule has 6 nitrogen and oxygen atoms in total. The maximum Gasteiger partial charge on any atom is 0.408 e. The van der Waals surface area contributed by atoms with Crippen molar-refractivity contribution in [3.8, 4) is 11.1 Å². The molecule has 1 aromatic heterocycles. The first-order valence-corrected chi connectivity index (χ1v) is 11.7. The van der Waals surface area contributed by atoms with Crippen LogP contribution in [0.5, 0.6) is 0 Å². The van der Waals surface area contributed by atoms with E-state index in [1.165, 1.54) is 0 Å². The molecule has 2 N–H and O–H groups in total. The molecule has 5 rings (SSSR count). The van der Waals surface area contributed by atoms with Gasteiger partial charge in [-0.25, -0.2) is 4.98 Å². The summed E-state index contributed by atoms with van der Waals surface area (Å²) in [5.41, 5.74) is 10.2. The number of nitrogens with zero attached hydrogens (tertiary/aromatic N) is 3. The van der Waals surface area contributed by atoms with Gasteiger partial charge in [0.1, 0.15) is 11.9 Å². The zero-order valence-electron chi connectivity index (χ0n) is 19.4. The number of aromatic nitrogens is 1. The predicted octanol–water partition coefficient (Wildman–Crippen LogP) is 4.80. The molecule has 2 fully saturated rings. The van der Waals surface area contributed by atoms with Crippen LogP contribution in [-0.4, -0.2) is 60.9 Å². The van der Waals surface area contributed by atoms with Crippen LogP contribution in [0.4, 0.5) is 24.7 Å². The largest absolute Gasteiger partial charge is 0.408 e. The maximum absolute atomic E-state index is 13.6. The van der Waals surface area contributed by atoms with E-state index < -0.39 is 18.1 Å². The SMILES string of the molecule is Cc1cccc(C(=O)N2CCCC2C(F)(F)F)c1-c1ccc2nc(N)c(N3CCOCC3)cc2c1. The minimum atomic E-state index is -4.44. The van der Waals surface area contributed by atoms with Gasteiger partial charge in [-0.1, -0.05) is 18.2 Å². The van der Waals surface area contributed by atoms with Gasteiger partial charge < -0.3 is 20.3 Å². The van der Waals surface area contributed by atoms with Gasteiger partial charge in [-0.3, -0.25) is 4.79 Å². The topological polar surface area (TPSA) is 71.7 Å². The van der Waals surface area contributed by atoms with E-state index in [1.54, 1.807) is 12.1 Å². The number of hydrogen-bond donors (Lipinski definition) is 1. The van der Waals surface area contributed by atoms with Crippen molar-refractivity contribution in [1.82, 2.24) is 9.88 Å². The molecule has 2 aliphatic rings. The Morgan fingerprint density at radius 3 is 2.63 bits per heavy atom. The van der Waals surface area contributed by atoms with Crippen molar-refractivity contribution >= 4 is 28.3 Å². The molecule has 0 bridgehead atoms. The standard InChI is InChI=1S/C26H27F3N4O2/c1-16-4-2-5-19(25(34)33-9-3-6-22(33)26(27,28)29)23(16)17-7-8-20-18(14-17)15-21(24(30)31-20)32-10-12-35-13-11-32/h2,4-5,7-8,14-15,22H,3,6,9-13H2,1H3,(H2,30,31). The molecule has 1 amide bonds. The summed E-state index contributed by atoms with van der Waals surface area (Å²) in [6.45, 7) is 4.61. The Bertz CT molecular complexity index is 1270. The number of nitrogens with two attached hydrogens (primary N) is 1. The lowest BCUT2D eigenvalue weighted by Gasteiger charge is -2.29. The summed E-state index contributed by atoms with van der Waals surface area (Å²) < 4.78 is 46.1. The summed E-state index contributed by atoms with van der Waals surface area (Å²) in [6, 6.07) is 11.0. The van der Waals surface area contributed by atoms with Gasteiger partial charge in [-0.15, -0.1) is 0 Å². The highest BCUT2D eigenvalue weighted by Gasteiger charge is 2.48. The Labute approximate surface area is 201 Å². The number of benzene rings is 2. The smallest absolute Gasteiger partial charge is 0.382 e. The van der Waals surface area contributed by atoms with Crippen molar-refractivity contribution < 1.29 is 22.7 Å². The molecule has 1 atom stereocenters. The van der Waals surface area contributed by atoms with Gasteiger partial charge in [0.2, 0.25) is 0 Å². The number of ether oxygens (including phenoxy) is 1. The van der Waals surface area contributed by atoms with Gasteiger partial charge in [0, 0.05) is 30.6 Å². The van der Waals surface area contributed by atoms with Crippen molar-refractivity contribution in [1.29, 1.82) is 0 Å². The number of anilines is 2. The minimum Gasteiger partial charge on any atom is -0.382 e. The molecule has 9 heteroatoms. The normalized spacial score (nSPS) is 18.9. The number of carbonyl (C=O) groups is 1. The van der Waals surface area contributed by atoms with Crippen LogP contribution in [0, 0.1) is 6.92 Å². The summed E-state index contributed by atoms with van der Waals surface area (Å²) in [6.07, 6.45) is -4.17. The molecule has 0 aliphatic carbocycles. The van der Waals surface area contributed by atoms with Crippen molar-refractivity contribution in [3.63, 3.8) is 0 Å². The number of pyridine rings is 1. The molecule has 0 saturated carbocycles. The van der Waals surface area contributed by atoms with Gasteiger partial charge in [0.15, 0.2) is 0 Å². The predicted molar refractivity (Wildman–Crippen MR) is 129 cm³/mol. The molecular formula is C26H27F3N4O2. The molecular weight excluding hydrogens is 457 g/mol. The van der Waals surface area contributed by atoms with Crippen LogP contribution in [0.3, 0.4) is 0 Å². The van der Waals surface area contributed by atoms with E-state index in [9.17, 15) is 18.0 Å². The number of carbonyl (C=O) groups excluding carboxylic acids is 1. The Kier molecular flexibility index (Phi) is 6.04. The van der Waals surface area contributed by atoms with Gasteiger partial charge >= 0.3 is 6.18 Å². The third-order valence-corrected chi connectivity index (χ3v) is 6.86. The number of rotatable bonds is 3. The lowest BCUT2D eigenvalue weighted by atomic mass is 9.93. The van der Waals surface area contributed by atoms with Crippen LogP contribution >= 0.6 is 0 Å². The first kappa shape index (κ1) is 23.4. The summed E-state index contributed by atoms with van der Waals surface area (Å²) in [7, 11) is 0. The average Bonchev–Trinajstić information content (AvgIpc) is 3.34. The second-order valence-electron chi connectivity index (χ2n) is 9.10. The highest BCUT2D eigenvalue weighted by molar-refractivity contribution is 6.03. The fourth-order valence-electron chi connectivity index (χ4n) is 5.13. The number of morpholine rings is 1.